The van der Waals surface area contributed by atoms with Gasteiger partial charge in [0.05, 0.1) is 10.7 Å². The van der Waals surface area contributed by atoms with Crippen LogP contribution in [0.5, 0.6) is 11.5 Å². The zero-order valence-electron chi connectivity index (χ0n) is 16.3. The Hall–Kier alpha value is -2.29. The van der Waals surface area contributed by atoms with Gasteiger partial charge in [-0.15, -0.1) is 11.8 Å². The van der Waals surface area contributed by atoms with Gasteiger partial charge < -0.3 is 10.1 Å². The van der Waals surface area contributed by atoms with Crippen molar-refractivity contribution in [2.24, 2.45) is 10.1 Å². The summed E-state index contributed by atoms with van der Waals surface area (Å²) >= 11 is 1.59. The number of benzene rings is 2. The molecule has 0 amide bonds. The number of rotatable bonds is 9. The van der Waals surface area contributed by atoms with Crippen LogP contribution in [0.4, 0.5) is 5.69 Å². The van der Waals surface area contributed by atoms with Crippen LogP contribution in [0.3, 0.4) is 0 Å². The summed E-state index contributed by atoms with van der Waals surface area (Å²) < 4.78 is 30.7. The van der Waals surface area contributed by atoms with Gasteiger partial charge in [0.2, 0.25) is 10.0 Å². The van der Waals surface area contributed by atoms with Crippen LogP contribution >= 0.6 is 11.8 Å². The summed E-state index contributed by atoms with van der Waals surface area (Å²) in [6.07, 6.45) is 6.56. The van der Waals surface area contributed by atoms with E-state index in [1.54, 1.807) is 36.2 Å². The van der Waals surface area contributed by atoms with Crippen molar-refractivity contribution >= 4 is 32.5 Å². The van der Waals surface area contributed by atoms with Crippen LogP contribution in [0.2, 0.25) is 0 Å². The second kappa shape index (κ2) is 9.96. The normalized spacial score (nSPS) is 13.4. The molecule has 2 aromatic rings. The number of para-hydroxylation sites is 1. The minimum absolute atomic E-state index is 0.0232. The Morgan fingerprint density at radius 1 is 1.24 bits per heavy atom. The molecule has 0 unspecified atom stereocenters. The van der Waals surface area contributed by atoms with Crippen molar-refractivity contribution in [3.63, 3.8) is 0 Å². The highest BCUT2D eigenvalue weighted by molar-refractivity contribution is 8.13. The van der Waals surface area contributed by atoms with Gasteiger partial charge in [-0.3, -0.25) is 4.99 Å². The number of allylic oxidation sites excluding steroid dienone is 1. The quantitative estimate of drug-likeness (QED) is 0.552. The third-order valence-corrected chi connectivity index (χ3v) is 6.25. The minimum Gasteiger partial charge on any atom is -0.454 e. The van der Waals surface area contributed by atoms with E-state index in [-0.39, 0.29) is 10.6 Å². The fourth-order valence-corrected chi connectivity index (χ4v) is 4.38. The molecule has 0 radical (unpaired) electrons. The van der Waals surface area contributed by atoms with E-state index in [4.69, 9.17) is 9.88 Å². The third kappa shape index (κ3) is 6.09. The van der Waals surface area contributed by atoms with Crippen molar-refractivity contribution < 1.29 is 13.2 Å². The molecule has 0 aromatic heterocycles. The molecule has 1 heterocycles. The van der Waals surface area contributed by atoms with Crippen molar-refractivity contribution in [1.82, 2.24) is 0 Å². The average Bonchev–Trinajstić information content (AvgIpc) is 3.21. The zero-order chi connectivity index (χ0) is 20.7. The molecule has 154 valence electrons. The molecule has 29 heavy (non-hydrogen) atoms. The number of hydrogen-bond acceptors (Lipinski definition) is 6. The molecule has 0 bridgehead atoms. The first-order chi connectivity index (χ1) is 14.0. The van der Waals surface area contributed by atoms with Crippen LogP contribution in [-0.2, 0) is 15.8 Å². The second-order valence-corrected chi connectivity index (χ2v) is 9.19. The molecule has 0 fully saturated rings. The number of nitrogens with zero attached hydrogens (tertiary/aromatic N) is 1. The van der Waals surface area contributed by atoms with E-state index in [0.29, 0.717) is 23.7 Å². The molecule has 1 aliphatic rings. The van der Waals surface area contributed by atoms with Gasteiger partial charge in [-0.05, 0) is 36.2 Å². The molecular formula is C21H25N3O3S2. The molecule has 0 spiro atoms. The van der Waals surface area contributed by atoms with E-state index in [9.17, 15) is 8.42 Å². The lowest BCUT2D eigenvalue weighted by atomic mass is 10.2. The largest absolute Gasteiger partial charge is 0.454 e. The Morgan fingerprint density at radius 2 is 2.03 bits per heavy atom. The lowest BCUT2D eigenvalue weighted by Gasteiger charge is -2.18. The second-order valence-electron chi connectivity index (χ2n) is 6.61. The molecule has 0 aliphatic carbocycles. The number of sulfonamides is 1. The standard InChI is InChI=1S/C21H25N3O3S2/c1-2-3-11-23-18-13-16(15-28-20-10-7-12-24-20)14-19(29(22,25)26)21(18)27-17-8-5-4-6-9-17/h4-9,12-14,23H,2-3,10-11,15H2,1H3,(H2,22,25,26). The molecule has 1 aliphatic heterocycles. The molecule has 0 saturated carbocycles. The van der Waals surface area contributed by atoms with Crippen LogP contribution < -0.4 is 15.2 Å². The Bertz CT molecular complexity index is 1000. The highest BCUT2D eigenvalue weighted by atomic mass is 32.2. The predicted octanol–water partition coefficient (Wildman–Crippen LogP) is 4.89. The van der Waals surface area contributed by atoms with Crippen molar-refractivity contribution in [2.45, 2.75) is 36.8 Å². The van der Waals surface area contributed by atoms with Crippen molar-refractivity contribution in [2.75, 3.05) is 11.9 Å². The van der Waals surface area contributed by atoms with Crippen LogP contribution in [0.25, 0.3) is 0 Å². The average molecular weight is 432 g/mol. The molecule has 3 N–H and O–H groups in total. The Morgan fingerprint density at radius 3 is 2.69 bits per heavy atom. The van der Waals surface area contributed by atoms with Gasteiger partial charge in [-0.2, -0.15) is 0 Å². The monoisotopic (exact) mass is 431 g/mol. The fraction of sp³-hybridized carbons (Fsp3) is 0.286. The smallest absolute Gasteiger partial charge is 0.241 e. The van der Waals surface area contributed by atoms with E-state index in [1.165, 1.54) is 0 Å². The topological polar surface area (TPSA) is 93.8 Å². The Balaban J connectivity index is 1.97. The number of nitrogens with two attached hydrogens (primary N) is 1. The maximum absolute atomic E-state index is 12.4. The predicted molar refractivity (Wildman–Crippen MR) is 120 cm³/mol. The molecule has 6 nitrogen and oxygen atoms in total. The summed E-state index contributed by atoms with van der Waals surface area (Å²) in [6.45, 7) is 2.81. The van der Waals surface area contributed by atoms with E-state index in [2.05, 4.69) is 17.2 Å². The molecule has 8 heteroatoms. The van der Waals surface area contributed by atoms with Crippen LogP contribution in [0, 0.1) is 0 Å². The number of hydrogen-bond donors (Lipinski definition) is 2. The van der Waals surface area contributed by atoms with Gasteiger partial charge >= 0.3 is 0 Å². The summed E-state index contributed by atoms with van der Waals surface area (Å²) in [4.78, 5) is 4.27. The zero-order valence-corrected chi connectivity index (χ0v) is 17.9. The van der Waals surface area contributed by atoms with Gasteiger partial charge in [0.1, 0.15) is 10.6 Å². The SMILES string of the molecule is CCCCNc1cc(CSC2=NC=CC2)cc(S(N)(=O)=O)c1Oc1ccccc1. The Kier molecular flexibility index (Phi) is 7.35. The van der Waals surface area contributed by atoms with Gasteiger partial charge in [-0.1, -0.05) is 37.6 Å². The molecular weight excluding hydrogens is 406 g/mol. The number of primary sulfonamides is 1. The van der Waals surface area contributed by atoms with E-state index >= 15 is 0 Å². The molecule has 3 rings (SSSR count). The lowest BCUT2D eigenvalue weighted by molar-refractivity contribution is 0.469. The van der Waals surface area contributed by atoms with Crippen LogP contribution in [-0.4, -0.2) is 20.0 Å². The molecule has 0 saturated heterocycles. The number of ether oxygens (including phenoxy) is 1. The summed E-state index contributed by atoms with van der Waals surface area (Å²) in [5, 5.41) is 9.87. The van der Waals surface area contributed by atoms with E-state index in [0.717, 1.165) is 29.9 Å². The minimum atomic E-state index is -3.98. The number of anilines is 1. The lowest BCUT2D eigenvalue weighted by Crippen LogP contribution is -2.15. The number of aliphatic imine (C=N–C) groups is 1. The first-order valence-corrected chi connectivity index (χ1v) is 12.0. The summed E-state index contributed by atoms with van der Waals surface area (Å²) in [6, 6.07) is 12.6. The first-order valence-electron chi connectivity index (χ1n) is 9.48. The van der Waals surface area contributed by atoms with Crippen LogP contribution in [0.15, 0.2) is 64.6 Å². The first kappa shape index (κ1) is 21.4. The highest BCUT2D eigenvalue weighted by Gasteiger charge is 2.22. The third-order valence-electron chi connectivity index (χ3n) is 4.25. The summed E-state index contributed by atoms with van der Waals surface area (Å²) in [7, 11) is -3.98. The Labute approximate surface area is 176 Å². The van der Waals surface area contributed by atoms with Gasteiger partial charge in [-0.25, -0.2) is 13.6 Å². The van der Waals surface area contributed by atoms with Gasteiger partial charge in [0.25, 0.3) is 0 Å². The number of thioether (sulfide) groups is 1. The van der Waals surface area contributed by atoms with Crippen molar-refractivity contribution in [3.8, 4) is 11.5 Å². The number of unbranched alkanes of at least 4 members (excludes halogenated alkanes) is 1. The number of nitrogens with one attached hydrogen (secondary N) is 1. The van der Waals surface area contributed by atoms with Crippen molar-refractivity contribution in [1.29, 1.82) is 0 Å². The highest BCUT2D eigenvalue weighted by Crippen LogP contribution is 2.38. The van der Waals surface area contributed by atoms with Gasteiger partial charge in [0, 0.05) is 24.9 Å². The van der Waals surface area contributed by atoms with Crippen LogP contribution in [0.1, 0.15) is 31.7 Å². The summed E-state index contributed by atoms with van der Waals surface area (Å²) in [5.74, 6) is 1.37. The van der Waals surface area contributed by atoms with E-state index in [1.807, 2.05) is 30.3 Å². The maximum atomic E-state index is 12.4. The summed E-state index contributed by atoms with van der Waals surface area (Å²) in [5.41, 5.74) is 1.46. The van der Waals surface area contributed by atoms with E-state index < -0.39 is 10.0 Å². The van der Waals surface area contributed by atoms with Crippen molar-refractivity contribution in [3.05, 3.63) is 60.3 Å². The fourth-order valence-electron chi connectivity index (χ4n) is 2.80. The maximum Gasteiger partial charge on any atom is 0.241 e. The molecule has 2 aromatic carbocycles. The molecule has 0 atom stereocenters. The van der Waals surface area contributed by atoms with Gasteiger partial charge in [0.15, 0.2) is 5.75 Å².